The topological polar surface area (TPSA) is 105 Å². The van der Waals surface area contributed by atoms with E-state index in [1.54, 1.807) is 11.6 Å². The van der Waals surface area contributed by atoms with E-state index in [9.17, 15) is 18.3 Å². The summed E-state index contributed by atoms with van der Waals surface area (Å²) in [6, 6.07) is 0. The van der Waals surface area contributed by atoms with E-state index in [0.29, 0.717) is 12.8 Å². The zero-order valence-corrected chi connectivity index (χ0v) is 13.0. The lowest BCUT2D eigenvalue weighted by molar-refractivity contribution is -0.0206. The van der Waals surface area contributed by atoms with Crippen LogP contribution in [-0.2, 0) is 14.9 Å². The number of hydrogen-bond acceptors (Lipinski definition) is 5. The van der Waals surface area contributed by atoms with Crippen LogP contribution in [0.5, 0.6) is 0 Å². The third-order valence-corrected chi connectivity index (χ3v) is 4.58. The van der Waals surface area contributed by atoms with Crippen molar-refractivity contribution in [2.75, 3.05) is 13.2 Å². The van der Waals surface area contributed by atoms with Gasteiger partial charge in [0, 0.05) is 6.54 Å². The van der Waals surface area contributed by atoms with Gasteiger partial charge in [0.15, 0.2) is 0 Å². The molecule has 118 valence electrons. The van der Waals surface area contributed by atoms with Crippen LogP contribution in [-0.4, -0.2) is 38.4 Å². The number of hydrogen-bond donors (Lipinski definition) is 3. The lowest BCUT2D eigenvalue weighted by atomic mass is 9.71. The highest BCUT2D eigenvalue weighted by Gasteiger charge is 2.37. The second-order valence-corrected chi connectivity index (χ2v) is 7.54. The predicted octanol–water partition coefficient (Wildman–Crippen LogP) is 0.898. The molecule has 3 N–H and O–H groups in total. The van der Waals surface area contributed by atoms with Crippen molar-refractivity contribution in [3.8, 4) is 0 Å². The molecule has 1 amide bonds. The summed E-state index contributed by atoms with van der Waals surface area (Å²) in [6.45, 7) is 5.79. The van der Waals surface area contributed by atoms with Crippen LogP contribution in [0.1, 0.15) is 46.5 Å². The number of rotatable bonds is 5. The molecule has 1 saturated carbocycles. The van der Waals surface area contributed by atoms with Gasteiger partial charge >= 0.3 is 16.3 Å². The minimum absolute atomic E-state index is 0.0837. The fourth-order valence-corrected chi connectivity index (χ4v) is 2.91. The summed E-state index contributed by atoms with van der Waals surface area (Å²) < 4.78 is 31.6. The molecule has 1 rings (SSSR count). The largest absolute Gasteiger partial charge is 0.449 e. The van der Waals surface area contributed by atoms with Gasteiger partial charge in [-0.05, 0) is 38.0 Å². The number of amides is 1. The Hall–Kier alpha value is -0.860. The van der Waals surface area contributed by atoms with E-state index in [4.69, 9.17) is 0 Å². The average Bonchev–Trinajstić information content (AvgIpc) is 2.31. The number of nitrogens with one attached hydrogen (secondary N) is 2. The summed E-state index contributed by atoms with van der Waals surface area (Å²) in [5.41, 5.74) is -0.882. The summed E-state index contributed by atoms with van der Waals surface area (Å²) >= 11 is 0. The molecule has 8 heteroatoms. The second kappa shape index (κ2) is 6.28. The van der Waals surface area contributed by atoms with Crippen molar-refractivity contribution in [1.29, 1.82) is 0 Å². The molecule has 0 saturated heterocycles. The molecule has 0 aromatic carbocycles. The molecule has 1 fully saturated rings. The molecular formula is C12H24N2O5S. The minimum Gasteiger partial charge on any atom is -0.449 e. The molecule has 0 bridgehead atoms. The van der Waals surface area contributed by atoms with Crippen LogP contribution in [0.2, 0.25) is 0 Å². The monoisotopic (exact) mass is 308 g/mol. The molecule has 0 spiro atoms. The van der Waals surface area contributed by atoms with Crippen molar-refractivity contribution < 1.29 is 23.1 Å². The Bertz CT molecular complexity index is 437. The highest BCUT2D eigenvalue weighted by atomic mass is 32.2. The van der Waals surface area contributed by atoms with Crippen molar-refractivity contribution in [2.24, 2.45) is 5.41 Å². The summed E-state index contributed by atoms with van der Waals surface area (Å²) in [4.78, 5) is 11.1. The van der Waals surface area contributed by atoms with E-state index in [1.165, 1.54) is 0 Å². The fraction of sp³-hybridized carbons (Fsp3) is 0.917. The van der Waals surface area contributed by atoms with Gasteiger partial charge in [0.2, 0.25) is 0 Å². The zero-order valence-electron chi connectivity index (χ0n) is 12.2. The Balaban J connectivity index is 2.48. The maximum atomic E-state index is 11.6. The van der Waals surface area contributed by atoms with Crippen LogP contribution in [0, 0.1) is 5.41 Å². The third kappa shape index (κ3) is 5.64. The lowest BCUT2D eigenvalue weighted by Crippen LogP contribution is -2.50. The highest BCUT2D eigenvalue weighted by Crippen LogP contribution is 2.39. The Labute approximate surface area is 120 Å². The lowest BCUT2D eigenvalue weighted by Gasteiger charge is -2.40. The van der Waals surface area contributed by atoms with E-state index in [0.717, 1.165) is 12.8 Å². The summed E-state index contributed by atoms with van der Waals surface area (Å²) in [7, 11) is -4.00. The molecule has 0 heterocycles. The third-order valence-electron chi connectivity index (χ3n) is 3.62. The van der Waals surface area contributed by atoms with Crippen LogP contribution in [0.25, 0.3) is 0 Å². The first kappa shape index (κ1) is 17.2. The quantitative estimate of drug-likeness (QED) is 0.700. The van der Waals surface area contributed by atoms with Crippen molar-refractivity contribution in [2.45, 2.75) is 52.1 Å². The number of aliphatic hydroxyl groups is 1. The molecule has 1 aliphatic carbocycles. The van der Waals surface area contributed by atoms with Gasteiger partial charge in [-0.3, -0.25) is 0 Å². The molecule has 0 radical (unpaired) electrons. The first-order chi connectivity index (χ1) is 9.08. The van der Waals surface area contributed by atoms with Crippen LogP contribution >= 0.6 is 0 Å². The molecule has 0 aromatic rings. The Morgan fingerprint density at radius 1 is 1.25 bits per heavy atom. The Morgan fingerprint density at radius 2 is 1.80 bits per heavy atom. The van der Waals surface area contributed by atoms with Gasteiger partial charge in [-0.2, -0.15) is 13.1 Å². The van der Waals surface area contributed by atoms with Gasteiger partial charge in [-0.15, -0.1) is 0 Å². The molecular weight excluding hydrogens is 284 g/mol. The molecule has 0 aromatic heterocycles. The average molecular weight is 308 g/mol. The van der Waals surface area contributed by atoms with Crippen molar-refractivity contribution in [1.82, 2.24) is 9.44 Å². The van der Waals surface area contributed by atoms with E-state index in [2.05, 4.69) is 23.3 Å². The summed E-state index contributed by atoms with van der Waals surface area (Å²) in [6.07, 6.45) is 1.69. The normalized spacial score (nSPS) is 21.2. The van der Waals surface area contributed by atoms with Gasteiger partial charge in [0.25, 0.3) is 0 Å². The van der Waals surface area contributed by atoms with Crippen LogP contribution in [0.4, 0.5) is 4.79 Å². The van der Waals surface area contributed by atoms with Crippen molar-refractivity contribution in [3.05, 3.63) is 0 Å². The highest BCUT2D eigenvalue weighted by molar-refractivity contribution is 7.88. The van der Waals surface area contributed by atoms with Crippen LogP contribution in [0.15, 0.2) is 0 Å². The van der Waals surface area contributed by atoms with E-state index in [-0.39, 0.29) is 18.6 Å². The van der Waals surface area contributed by atoms with E-state index in [1.807, 2.05) is 0 Å². The summed E-state index contributed by atoms with van der Waals surface area (Å²) in [5, 5.41) is 10.3. The minimum atomic E-state index is -4.00. The Kier molecular flexibility index (Phi) is 5.39. The SMILES string of the molecule is CCOC(=O)NS(=O)(=O)NCC1(O)CCC(C)(C)CC1. The van der Waals surface area contributed by atoms with E-state index < -0.39 is 21.9 Å². The van der Waals surface area contributed by atoms with Gasteiger partial charge in [0.05, 0.1) is 12.2 Å². The molecule has 7 nitrogen and oxygen atoms in total. The van der Waals surface area contributed by atoms with Crippen LogP contribution < -0.4 is 9.44 Å². The first-order valence-corrected chi connectivity index (χ1v) is 8.22. The van der Waals surface area contributed by atoms with Gasteiger partial charge in [0.1, 0.15) is 0 Å². The molecule has 20 heavy (non-hydrogen) atoms. The van der Waals surface area contributed by atoms with Crippen molar-refractivity contribution in [3.63, 3.8) is 0 Å². The zero-order chi connectivity index (χ0) is 15.4. The summed E-state index contributed by atoms with van der Waals surface area (Å²) in [5.74, 6) is 0. The molecule has 0 aliphatic heterocycles. The number of ether oxygens (including phenoxy) is 1. The van der Waals surface area contributed by atoms with Gasteiger partial charge in [-0.1, -0.05) is 13.8 Å². The number of carbonyl (C=O) groups is 1. The van der Waals surface area contributed by atoms with Gasteiger partial charge < -0.3 is 9.84 Å². The maximum absolute atomic E-state index is 11.6. The fourth-order valence-electron chi connectivity index (χ4n) is 2.10. The maximum Gasteiger partial charge on any atom is 0.421 e. The second-order valence-electron chi connectivity index (χ2n) is 6.04. The predicted molar refractivity (Wildman–Crippen MR) is 74.3 cm³/mol. The standard InChI is InChI=1S/C12H24N2O5S/c1-4-19-10(15)14-20(17,18)13-9-12(16)7-5-11(2,3)6-8-12/h13,16H,4-9H2,1-3H3,(H,14,15). The van der Waals surface area contributed by atoms with E-state index >= 15 is 0 Å². The van der Waals surface area contributed by atoms with Crippen LogP contribution in [0.3, 0.4) is 0 Å². The van der Waals surface area contributed by atoms with Gasteiger partial charge in [-0.25, -0.2) is 9.52 Å². The smallest absolute Gasteiger partial charge is 0.421 e. The Morgan fingerprint density at radius 3 is 2.30 bits per heavy atom. The van der Waals surface area contributed by atoms with Crippen molar-refractivity contribution >= 4 is 16.3 Å². The molecule has 0 unspecified atom stereocenters. The number of carbonyl (C=O) groups excluding carboxylic acids is 1. The molecule has 1 aliphatic rings. The first-order valence-electron chi connectivity index (χ1n) is 6.74. The molecule has 0 atom stereocenters.